The average Bonchev–Trinajstić information content (AvgIpc) is 3.24. The molecule has 3 rings (SSSR count). The monoisotopic (exact) mass is 800 g/mol. The quantitative estimate of drug-likeness (QED) is 0.0110. The van der Waals surface area contributed by atoms with Crippen LogP contribution in [0.1, 0.15) is 136 Å². The summed E-state index contributed by atoms with van der Waals surface area (Å²) in [6.45, 7) is 9.77. The maximum Gasteiger partial charge on any atom is 0.343 e. The number of ether oxygens (including phenoxy) is 5. The Morgan fingerprint density at radius 3 is 1.14 bits per heavy atom. The lowest BCUT2D eigenvalue weighted by molar-refractivity contribution is -0.286. The second kappa shape index (κ2) is 31.1. The Kier molecular flexibility index (Phi) is 25.4. The lowest BCUT2D eigenvalue weighted by atomic mass is 10.1. The molecule has 0 amide bonds. The fourth-order valence-corrected chi connectivity index (χ4v) is 5.99. The molecule has 0 saturated carbocycles. The SMILES string of the molecule is C=CCOOCCCCCCCCCCCOc1ccc(C(=O)Oc2ccc(OC(=O)c3ccc(OCCCCCCCCCCCOC(=O)C=C)cc3)cc2)cc1. The topological polar surface area (TPSA) is 116 Å². The summed E-state index contributed by atoms with van der Waals surface area (Å²) in [5.74, 6) is 0.755. The van der Waals surface area contributed by atoms with Crippen LogP contribution in [0, 0.1) is 0 Å². The molecule has 10 nitrogen and oxygen atoms in total. The van der Waals surface area contributed by atoms with E-state index in [0.717, 1.165) is 57.8 Å². The number of rotatable bonds is 34. The Bertz CT molecular complexity index is 1570. The van der Waals surface area contributed by atoms with Crippen molar-refractivity contribution in [2.45, 2.75) is 116 Å². The van der Waals surface area contributed by atoms with Gasteiger partial charge in [-0.25, -0.2) is 24.2 Å². The zero-order valence-corrected chi connectivity index (χ0v) is 34.3. The summed E-state index contributed by atoms with van der Waals surface area (Å²) >= 11 is 0. The first-order valence-corrected chi connectivity index (χ1v) is 21.1. The van der Waals surface area contributed by atoms with Gasteiger partial charge >= 0.3 is 17.9 Å². The van der Waals surface area contributed by atoms with Gasteiger partial charge in [-0.2, -0.15) is 0 Å². The summed E-state index contributed by atoms with van der Waals surface area (Å²) in [4.78, 5) is 46.4. The van der Waals surface area contributed by atoms with Gasteiger partial charge in [-0.3, -0.25) is 0 Å². The number of unbranched alkanes of at least 4 members (excludes halogenated alkanes) is 16. The maximum atomic E-state index is 12.7. The van der Waals surface area contributed by atoms with Gasteiger partial charge in [0, 0.05) is 6.08 Å². The first-order valence-electron chi connectivity index (χ1n) is 21.1. The molecule has 0 heterocycles. The molecule has 0 spiro atoms. The highest BCUT2D eigenvalue weighted by Crippen LogP contribution is 2.22. The molecule has 0 unspecified atom stereocenters. The normalized spacial score (nSPS) is 10.8. The smallest absolute Gasteiger partial charge is 0.343 e. The Balaban J connectivity index is 1.20. The molecule has 0 atom stereocenters. The highest BCUT2D eigenvalue weighted by molar-refractivity contribution is 5.92. The van der Waals surface area contributed by atoms with Gasteiger partial charge in [0.25, 0.3) is 0 Å². The third kappa shape index (κ3) is 22.1. The van der Waals surface area contributed by atoms with Crippen molar-refractivity contribution in [3.63, 3.8) is 0 Å². The predicted molar refractivity (Wildman–Crippen MR) is 227 cm³/mol. The number of hydrogen-bond acceptors (Lipinski definition) is 10. The van der Waals surface area contributed by atoms with E-state index < -0.39 is 11.9 Å². The highest BCUT2D eigenvalue weighted by atomic mass is 17.2. The minimum atomic E-state index is -0.495. The molecule has 3 aromatic rings. The van der Waals surface area contributed by atoms with Crippen molar-refractivity contribution in [3.05, 3.63) is 109 Å². The first kappa shape index (κ1) is 47.4. The van der Waals surface area contributed by atoms with Crippen molar-refractivity contribution in [1.82, 2.24) is 0 Å². The summed E-state index contributed by atoms with van der Waals surface area (Å²) < 4.78 is 27.7. The Morgan fingerprint density at radius 2 is 0.759 bits per heavy atom. The van der Waals surface area contributed by atoms with E-state index in [2.05, 4.69) is 13.2 Å². The van der Waals surface area contributed by atoms with E-state index in [-0.39, 0.29) is 5.97 Å². The third-order valence-electron chi connectivity index (χ3n) is 9.30. The lowest BCUT2D eigenvalue weighted by Gasteiger charge is -2.09. The summed E-state index contributed by atoms with van der Waals surface area (Å²) in [5, 5.41) is 0. The molecule has 0 saturated heterocycles. The van der Waals surface area contributed by atoms with Gasteiger partial charge in [0.1, 0.15) is 29.6 Å². The van der Waals surface area contributed by atoms with E-state index in [1.54, 1.807) is 78.9 Å². The summed E-state index contributed by atoms with van der Waals surface area (Å²) in [5.41, 5.74) is 0.810. The molecule has 0 N–H and O–H groups in total. The van der Waals surface area contributed by atoms with Crippen molar-refractivity contribution in [3.8, 4) is 23.0 Å². The van der Waals surface area contributed by atoms with Gasteiger partial charge < -0.3 is 23.7 Å². The van der Waals surface area contributed by atoms with Crippen LogP contribution in [-0.4, -0.2) is 50.9 Å². The van der Waals surface area contributed by atoms with Crippen molar-refractivity contribution >= 4 is 17.9 Å². The van der Waals surface area contributed by atoms with E-state index in [1.165, 1.54) is 63.9 Å². The average molecular weight is 801 g/mol. The van der Waals surface area contributed by atoms with Crippen LogP contribution in [-0.2, 0) is 19.3 Å². The van der Waals surface area contributed by atoms with Gasteiger partial charge in [-0.05, 0) is 98.5 Å². The predicted octanol–water partition coefficient (Wildman–Crippen LogP) is 11.8. The van der Waals surface area contributed by atoms with Crippen LogP contribution in [0.5, 0.6) is 23.0 Å². The van der Waals surface area contributed by atoms with Crippen LogP contribution in [0.4, 0.5) is 0 Å². The highest BCUT2D eigenvalue weighted by Gasteiger charge is 2.12. The molecule has 0 aromatic heterocycles. The Hall–Kier alpha value is -4.93. The van der Waals surface area contributed by atoms with Crippen molar-refractivity contribution in [2.75, 3.05) is 33.0 Å². The van der Waals surface area contributed by atoms with E-state index in [1.807, 2.05) is 0 Å². The van der Waals surface area contributed by atoms with E-state index >= 15 is 0 Å². The minimum Gasteiger partial charge on any atom is -0.494 e. The molecule has 316 valence electrons. The fourth-order valence-electron chi connectivity index (χ4n) is 5.99. The second-order valence-corrected chi connectivity index (χ2v) is 14.1. The molecule has 0 bridgehead atoms. The molecular formula is C48H64O10. The van der Waals surface area contributed by atoms with Gasteiger partial charge in [0.05, 0.1) is 37.6 Å². The van der Waals surface area contributed by atoms with Crippen LogP contribution in [0.2, 0.25) is 0 Å². The lowest BCUT2D eigenvalue weighted by Crippen LogP contribution is -2.09. The number of esters is 3. The molecular weight excluding hydrogens is 737 g/mol. The molecule has 0 aliphatic heterocycles. The van der Waals surface area contributed by atoms with E-state index in [9.17, 15) is 14.4 Å². The largest absolute Gasteiger partial charge is 0.494 e. The van der Waals surface area contributed by atoms with Crippen LogP contribution >= 0.6 is 0 Å². The van der Waals surface area contributed by atoms with E-state index in [0.29, 0.717) is 67.2 Å². The molecule has 0 radical (unpaired) electrons. The zero-order valence-electron chi connectivity index (χ0n) is 34.3. The Labute approximate surface area is 345 Å². The number of carbonyl (C=O) groups is 3. The van der Waals surface area contributed by atoms with Gasteiger partial charge in [0.15, 0.2) is 0 Å². The van der Waals surface area contributed by atoms with Gasteiger partial charge in [0.2, 0.25) is 0 Å². The molecule has 10 heteroatoms. The van der Waals surface area contributed by atoms with Gasteiger partial charge in [-0.15, -0.1) is 6.58 Å². The maximum absolute atomic E-state index is 12.7. The molecule has 0 fully saturated rings. The van der Waals surface area contributed by atoms with E-state index in [4.69, 9.17) is 33.5 Å². The van der Waals surface area contributed by atoms with Crippen LogP contribution in [0.3, 0.4) is 0 Å². The summed E-state index contributed by atoms with van der Waals surface area (Å²) in [6, 6.07) is 20.2. The van der Waals surface area contributed by atoms with Crippen molar-refractivity contribution in [2.24, 2.45) is 0 Å². The molecule has 3 aromatic carbocycles. The number of hydrogen-bond donors (Lipinski definition) is 0. The van der Waals surface area contributed by atoms with Crippen LogP contribution < -0.4 is 18.9 Å². The first-order chi connectivity index (χ1) is 28.5. The van der Waals surface area contributed by atoms with Crippen molar-refractivity contribution < 1.29 is 47.8 Å². The standard InChI is InChI=1S/C48H64O10/c1-3-35-55-56-39-22-18-14-10-6-8-12-16-20-37-53-43-29-25-41(26-30-43)48(51)58-45-33-31-44(32-34-45)57-47(50)40-23-27-42(28-24-40)52-36-19-15-11-7-5-9-13-17-21-38-54-46(49)4-2/h3-4,23-34H,1-2,5-22,35-39H2. The third-order valence-corrected chi connectivity index (χ3v) is 9.30. The van der Waals surface area contributed by atoms with Gasteiger partial charge in [-0.1, -0.05) is 103 Å². The Morgan fingerprint density at radius 1 is 0.414 bits per heavy atom. The second-order valence-electron chi connectivity index (χ2n) is 14.1. The van der Waals surface area contributed by atoms with Crippen LogP contribution in [0.15, 0.2) is 98.1 Å². The van der Waals surface area contributed by atoms with Crippen molar-refractivity contribution in [1.29, 1.82) is 0 Å². The molecule has 58 heavy (non-hydrogen) atoms. The molecule has 0 aliphatic carbocycles. The zero-order chi connectivity index (χ0) is 41.3. The minimum absolute atomic E-state index is 0.335. The fraction of sp³-hybridized carbons (Fsp3) is 0.479. The summed E-state index contributed by atoms with van der Waals surface area (Å²) in [6.07, 6.45) is 23.3. The van der Waals surface area contributed by atoms with Crippen LogP contribution in [0.25, 0.3) is 0 Å². The summed E-state index contributed by atoms with van der Waals surface area (Å²) in [7, 11) is 0. The number of benzene rings is 3. The number of carbonyl (C=O) groups excluding carboxylic acids is 3. The molecule has 0 aliphatic rings.